The molecular formula is C10H13N3S. The maximum absolute atomic E-state index is 9.23. The van der Waals surface area contributed by atoms with E-state index in [0.29, 0.717) is 0 Å². The third-order valence-corrected chi connectivity index (χ3v) is 3.49. The fraction of sp³-hybridized carbons (Fsp3) is 0.600. The van der Waals surface area contributed by atoms with Crippen LogP contribution in [-0.2, 0) is 6.42 Å². The van der Waals surface area contributed by atoms with E-state index < -0.39 is 0 Å². The molecule has 14 heavy (non-hydrogen) atoms. The van der Waals surface area contributed by atoms with Gasteiger partial charge in [-0.1, -0.05) is 0 Å². The van der Waals surface area contributed by atoms with Gasteiger partial charge >= 0.3 is 0 Å². The van der Waals surface area contributed by atoms with Crippen LogP contribution < -0.4 is 5.32 Å². The fourth-order valence-corrected chi connectivity index (χ4v) is 2.66. The molecule has 74 valence electrons. The molecule has 1 aromatic rings. The summed E-state index contributed by atoms with van der Waals surface area (Å²) in [5, 5.41) is 12.5. The zero-order chi connectivity index (χ0) is 9.86. The zero-order valence-electron chi connectivity index (χ0n) is 7.99. The summed E-state index contributed by atoms with van der Waals surface area (Å²) in [5.74, 6) is 0. The molecule has 0 radical (unpaired) electrons. The molecule has 3 nitrogen and oxygen atoms in total. The third-order valence-electron chi connectivity index (χ3n) is 2.71. The Bertz CT molecular complexity index is 320. The van der Waals surface area contributed by atoms with Crippen LogP contribution in [0.4, 0.5) is 0 Å². The summed E-state index contributed by atoms with van der Waals surface area (Å²) in [6.45, 7) is 1.87. The molecule has 1 aliphatic rings. The predicted octanol–water partition coefficient (Wildman–Crippen LogP) is 1.58. The molecule has 4 heteroatoms. The lowest BCUT2D eigenvalue weighted by molar-refractivity contribution is 0.287. The van der Waals surface area contributed by atoms with Crippen LogP contribution >= 0.6 is 11.3 Å². The van der Waals surface area contributed by atoms with Gasteiger partial charge in [0.1, 0.15) is 0 Å². The first kappa shape index (κ1) is 9.63. The molecule has 1 atom stereocenters. The van der Waals surface area contributed by atoms with Crippen molar-refractivity contribution in [2.24, 2.45) is 5.41 Å². The Kier molecular flexibility index (Phi) is 2.80. The van der Waals surface area contributed by atoms with E-state index in [1.165, 1.54) is 4.88 Å². The summed E-state index contributed by atoms with van der Waals surface area (Å²) in [6.07, 6.45) is 4.83. The molecule has 1 saturated heterocycles. The Hall–Kier alpha value is -0.920. The summed E-state index contributed by atoms with van der Waals surface area (Å²) < 4.78 is 0. The summed E-state index contributed by atoms with van der Waals surface area (Å²) in [4.78, 5) is 5.26. The van der Waals surface area contributed by atoms with E-state index in [2.05, 4.69) is 16.4 Å². The third kappa shape index (κ3) is 1.94. The molecular weight excluding hydrogens is 194 g/mol. The van der Waals surface area contributed by atoms with Crippen molar-refractivity contribution >= 4 is 11.3 Å². The highest BCUT2D eigenvalue weighted by atomic mass is 32.1. The minimum Gasteiger partial charge on any atom is -0.315 e. The standard InChI is InChI=1S/C10H13N3S/c11-6-10(2-1-3-12-7-10)4-9-5-13-8-14-9/h5,8,12H,1-4,7H2. The molecule has 2 rings (SSSR count). The minimum atomic E-state index is -0.190. The lowest BCUT2D eigenvalue weighted by Gasteiger charge is -2.30. The summed E-state index contributed by atoms with van der Waals surface area (Å²) in [6, 6.07) is 2.47. The Morgan fingerprint density at radius 3 is 3.21 bits per heavy atom. The van der Waals surface area contributed by atoms with Gasteiger partial charge in [0, 0.05) is 24.0 Å². The second-order valence-electron chi connectivity index (χ2n) is 3.82. The van der Waals surface area contributed by atoms with Crippen LogP contribution in [0.5, 0.6) is 0 Å². The van der Waals surface area contributed by atoms with Gasteiger partial charge in [-0.05, 0) is 19.4 Å². The Balaban J connectivity index is 2.09. The number of nitriles is 1. The van der Waals surface area contributed by atoms with Crippen LogP contribution in [0, 0.1) is 16.7 Å². The molecule has 0 amide bonds. The molecule has 2 heterocycles. The van der Waals surface area contributed by atoms with Crippen LogP contribution in [0.3, 0.4) is 0 Å². The summed E-state index contributed by atoms with van der Waals surface area (Å²) in [7, 11) is 0. The van der Waals surface area contributed by atoms with Crippen molar-refractivity contribution in [2.75, 3.05) is 13.1 Å². The van der Waals surface area contributed by atoms with Gasteiger partial charge in [0.25, 0.3) is 0 Å². The van der Waals surface area contributed by atoms with Gasteiger partial charge in [0.15, 0.2) is 0 Å². The minimum absolute atomic E-state index is 0.190. The highest BCUT2D eigenvalue weighted by Crippen LogP contribution is 2.30. The summed E-state index contributed by atoms with van der Waals surface area (Å²) >= 11 is 1.64. The van der Waals surface area contributed by atoms with Crippen molar-refractivity contribution in [3.05, 3.63) is 16.6 Å². The van der Waals surface area contributed by atoms with Crippen LogP contribution in [0.2, 0.25) is 0 Å². The average molecular weight is 207 g/mol. The molecule has 1 unspecified atom stereocenters. The van der Waals surface area contributed by atoms with Crippen molar-refractivity contribution in [1.29, 1.82) is 5.26 Å². The number of hydrogen-bond acceptors (Lipinski definition) is 4. The first-order valence-corrected chi connectivity index (χ1v) is 5.72. The van der Waals surface area contributed by atoms with E-state index >= 15 is 0 Å². The molecule has 1 aromatic heterocycles. The second kappa shape index (κ2) is 4.07. The largest absolute Gasteiger partial charge is 0.315 e. The quantitative estimate of drug-likeness (QED) is 0.801. The van der Waals surface area contributed by atoms with E-state index in [9.17, 15) is 5.26 Å². The highest BCUT2D eigenvalue weighted by Gasteiger charge is 2.32. The van der Waals surface area contributed by atoms with Crippen molar-refractivity contribution in [2.45, 2.75) is 19.3 Å². The van der Waals surface area contributed by atoms with E-state index in [0.717, 1.165) is 32.4 Å². The number of nitrogens with zero attached hydrogens (tertiary/aromatic N) is 2. The Morgan fingerprint density at radius 2 is 2.64 bits per heavy atom. The lowest BCUT2D eigenvalue weighted by atomic mass is 9.79. The van der Waals surface area contributed by atoms with Crippen molar-refractivity contribution in [1.82, 2.24) is 10.3 Å². The van der Waals surface area contributed by atoms with Crippen molar-refractivity contribution in [3.8, 4) is 6.07 Å². The van der Waals surface area contributed by atoms with Crippen LogP contribution in [0.1, 0.15) is 17.7 Å². The zero-order valence-corrected chi connectivity index (χ0v) is 8.81. The normalized spacial score (nSPS) is 27.1. The monoisotopic (exact) mass is 207 g/mol. The molecule has 0 aromatic carbocycles. The number of hydrogen-bond donors (Lipinski definition) is 1. The van der Waals surface area contributed by atoms with Crippen molar-refractivity contribution < 1.29 is 0 Å². The second-order valence-corrected chi connectivity index (χ2v) is 4.79. The highest BCUT2D eigenvalue weighted by molar-refractivity contribution is 7.09. The van der Waals surface area contributed by atoms with E-state index in [-0.39, 0.29) is 5.41 Å². The van der Waals surface area contributed by atoms with E-state index in [1.807, 2.05) is 11.7 Å². The van der Waals surface area contributed by atoms with Gasteiger partial charge < -0.3 is 5.32 Å². The van der Waals surface area contributed by atoms with Gasteiger partial charge in [0.2, 0.25) is 0 Å². The summed E-state index contributed by atoms with van der Waals surface area (Å²) in [5.41, 5.74) is 1.64. The van der Waals surface area contributed by atoms with Crippen LogP contribution in [-0.4, -0.2) is 18.1 Å². The fourth-order valence-electron chi connectivity index (χ4n) is 1.92. The molecule has 1 fully saturated rings. The van der Waals surface area contributed by atoms with Gasteiger partial charge in [0.05, 0.1) is 17.0 Å². The number of nitrogens with one attached hydrogen (secondary N) is 1. The predicted molar refractivity (Wildman–Crippen MR) is 56.0 cm³/mol. The van der Waals surface area contributed by atoms with Gasteiger partial charge in [-0.2, -0.15) is 5.26 Å². The first-order chi connectivity index (χ1) is 6.85. The number of rotatable bonds is 2. The number of aromatic nitrogens is 1. The number of thiazole rings is 1. The Labute approximate surface area is 87.8 Å². The van der Waals surface area contributed by atoms with Crippen LogP contribution in [0.25, 0.3) is 0 Å². The van der Waals surface area contributed by atoms with Gasteiger partial charge in [-0.3, -0.25) is 4.98 Å². The smallest absolute Gasteiger partial charge is 0.0794 e. The average Bonchev–Trinajstić information content (AvgIpc) is 2.72. The Morgan fingerprint density at radius 1 is 1.71 bits per heavy atom. The lowest BCUT2D eigenvalue weighted by Crippen LogP contribution is -2.40. The van der Waals surface area contributed by atoms with Crippen LogP contribution in [0.15, 0.2) is 11.7 Å². The molecule has 0 bridgehead atoms. The topological polar surface area (TPSA) is 48.7 Å². The maximum Gasteiger partial charge on any atom is 0.0794 e. The molecule has 0 aliphatic carbocycles. The van der Waals surface area contributed by atoms with Gasteiger partial charge in [-0.15, -0.1) is 11.3 Å². The van der Waals surface area contributed by atoms with Crippen molar-refractivity contribution in [3.63, 3.8) is 0 Å². The maximum atomic E-state index is 9.23. The molecule has 1 N–H and O–H groups in total. The molecule has 0 spiro atoms. The first-order valence-electron chi connectivity index (χ1n) is 4.84. The van der Waals surface area contributed by atoms with Gasteiger partial charge in [-0.25, -0.2) is 0 Å². The molecule has 1 aliphatic heterocycles. The number of piperidine rings is 1. The molecule has 0 saturated carbocycles. The van der Waals surface area contributed by atoms with E-state index in [4.69, 9.17) is 0 Å². The van der Waals surface area contributed by atoms with E-state index in [1.54, 1.807) is 11.3 Å². The SMILES string of the molecule is N#CC1(Cc2cncs2)CCCNC1.